The van der Waals surface area contributed by atoms with Gasteiger partial charge in [0.1, 0.15) is 11.4 Å². The van der Waals surface area contributed by atoms with Crippen LogP contribution in [0.2, 0.25) is 0 Å². The number of hydrogen-bond acceptors (Lipinski definition) is 5. The number of methoxy groups -OCH3 is 1. The zero-order valence-corrected chi connectivity index (χ0v) is 11.2. The van der Waals surface area contributed by atoms with E-state index >= 15 is 0 Å². The number of rotatable bonds is 5. The molecule has 104 valence electrons. The monoisotopic (exact) mass is 266 g/mol. The zero-order chi connectivity index (χ0) is 14.4. The lowest BCUT2D eigenvalue weighted by Crippen LogP contribution is -2.24. The van der Waals surface area contributed by atoms with Crippen LogP contribution in [0.5, 0.6) is 0 Å². The summed E-state index contributed by atoms with van der Waals surface area (Å²) >= 11 is 0. The summed E-state index contributed by atoms with van der Waals surface area (Å²) in [4.78, 5) is 22.6. The predicted molar refractivity (Wildman–Crippen MR) is 70.5 cm³/mol. The summed E-state index contributed by atoms with van der Waals surface area (Å²) in [5.41, 5.74) is 6.15. The van der Waals surface area contributed by atoms with E-state index in [1.54, 1.807) is 4.68 Å². The summed E-state index contributed by atoms with van der Waals surface area (Å²) in [7, 11) is 1.28. The number of nitrogens with one attached hydrogen (secondary N) is 1. The van der Waals surface area contributed by atoms with Gasteiger partial charge in [-0.15, -0.1) is 0 Å². The van der Waals surface area contributed by atoms with Crippen molar-refractivity contribution in [3.63, 3.8) is 0 Å². The second-order valence-corrected chi connectivity index (χ2v) is 4.12. The SMILES string of the molecule is COC(=O)/C=C/CNC(=O)c1cnn(C(C)C)c1N. The van der Waals surface area contributed by atoms with Crippen molar-refractivity contribution in [3.8, 4) is 0 Å². The van der Waals surface area contributed by atoms with E-state index < -0.39 is 5.97 Å². The van der Waals surface area contributed by atoms with E-state index in [1.165, 1.54) is 25.5 Å². The van der Waals surface area contributed by atoms with Crippen molar-refractivity contribution in [1.29, 1.82) is 0 Å². The molecule has 1 rings (SSSR count). The highest BCUT2D eigenvalue weighted by Gasteiger charge is 2.15. The summed E-state index contributed by atoms with van der Waals surface area (Å²) in [5, 5.41) is 6.65. The first kappa shape index (κ1) is 14.7. The average Bonchev–Trinajstić information content (AvgIpc) is 2.76. The second-order valence-electron chi connectivity index (χ2n) is 4.12. The molecule has 0 aliphatic rings. The number of aromatic nitrogens is 2. The van der Waals surface area contributed by atoms with Gasteiger partial charge in [-0.3, -0.25) is 4.79 Å². The molecule has 0 saturated heterocycles. The molecule has 0 aromatic carbocycles. The lowest BCUT2D eigenvalue weighted by atomic mass is 10.3. The third-order valence-corrected chi connectivity index (χ3v) is 2.40. The molecule has 0 bridgehead atoms. The molecule has 0 aliphatic carbocycles. The van der Waals surface area contributed by atoms with Gasteiger partial charge in [0.25, 0.3) is 5.91 Å². The van der Waals surface area contributed by atoms with Crippen molar-refractivity contribution < 1.29 is 14.3 Å². The summed E-state index contributed by atoms with van der Waals surface area (Å²) < 4.78 is 5.99. The van der Waals surface area contributed by atoms with Gasteiger partial charge in [-0.2, -0.15) is 5.10 Å². The van der Waals surface area contributed by atoms with Crippen LogP contribution in [0, 0.1) is 0 Å². The Hall–Kier alpha value is -2.31. The number of amides is 1. The number of carbonyl (C=O) groups excluding carboxylic acids is 2. The lowest BCUT2D eigenvalue weighted by Gasteiger charge is -2.08. The molecular weight excluding hydrogens is 248 g/mol. The molecule has 0 fully saturated rings. The van der Waals surface area contributed by atoms with Crippen molar-refractivity contribution in [1.82, 2.24) is 15.1 Å². The molecule has 1 amide bonds. The van der Waals surface area contributed by atoms with E-state index in [1.807, 2.05) is 13.8 Å². The van der Waals surface area contributed by atoms with Gasteiger partial charge in [0.05, 0.1) is 13.3 Å². The first-order valence-electron chi connectivity index (χ1n) is 5.83. The largest absolute Gasteiger partial charge is 0.466 e. The Morgan fingerprint density at radius 1 is 1.58 bits per heavy atom. The third kappa shape index (κ3) is 3.84. The molecule has 19 heavy (non-hydrogen) atoms. The Morgan fingerprint density at radius 3 is 2.79 bits per heavy atom. The number of nitrogen functional groups attached to an aromatic ring is 1. The molecule has 3 N–H and O–H groups in total. The first-order valence-corrected chi connectivity index (χ1v) is 5.83. The fourth-order valence-electron chi connectivity index (χ4n) is 1.43. The van der Waals surface area contributed by atoms with Crippen LogP contribution in [0.1, 0.15) is 30.2 Å². The number of nitrogens with two attached hydrogens (primary N) is 1. The summed E-state index contributed by atoms with van der Waals surface area (Å²) in [5.74, 6) is -0.482. The third-order valence-electron chi connectivity index (χ3n) is 2.40. The molecule has 0 aliphatic heterocycles. The van der Waals surface area contributed by atoms with E-state index in [2.05, 4.69) is 15.2 Å². The smallest absolute Gasteiger partial charge is 0.330 e. The van der Waals surface area contributed by atoms with Gasteiger partial charge < -0.3 is 15.8 Å². The van der Waals surface area contributed by atoms with Crippen LogP contribution in [0.4, 0.5) is 5.82 Å². The van der Waals surface area contributed by atoms with Crippen molar-refractivity contribution in [2.75, 3.05) is 19.4 Å². The minimum Gasteiger partial charge on any atom is -0.466 e. The van der Waals surface area contributed by atoms with Gasteiger partial charge in [0, 0.05) is 18.7 Å². The number of carbonyl (C=O) groups is 2. The van der Waals surface area contributed by atoms with E-state index in [0.717, 1.165) is 0 Å². The quantitative estimate of drug-likeness (QED) is 0.597. The van der Waals surface area contributed by atoms with Crippen LogP contribution in [-0.4, -0.2) is 35.3 Å². The number of hydrogen-bond donors (Lipinski definition) is 2. The number of anilines is 1. The van der Waals surface area contributed by atoms with Gasteiger partial charge in [0.15, 0.2) is 0 Å². The molecular formula is C12H18N4O3. The van der Waals surface area contributed by atoms with Crippen LogP contribution in [-0.2, 0) is 9.53 Å². The van der Waals surface area contributed by atoms with E-state index in [9.17, 15) is 9.59 Å². The maximum atomic E-state index is 11.8. The molecule has 1 aromatic rings. The standard InChI is InChI=1S/C12H18N4O3/c1-8(2)16-11(13)9(7-15-16)12(18)14-6-4-5-10(17)19-3/h4-5,7-8H,6,13H2,1-3H3,(H,14,18)/b5-4+. The minimum absolute atomic E-state index is 0.0840. The number of esters is 1. The van der Waals surface area contributed by atoms with Crippen molar-refractivity contribution in [3.05, 3.63) is 23.9 Å². The van der Waals surface area contributed by atoms with Gasteiger partial charge in [-0.05, 0) is 13.8 Å². The van der Waals surface area contributed by atoms with E-state index in [-0.39, 0.29) is 18.5 Å². The topological polar surface area (TPSA) is 99.2 Å². The van der Waals surface area contributed by atoms with Gasteiger partial charge in [-0.1, -0.05) is 6.08 Å². The minimum atomic E-state index is -0.471. The fraction of sp³-hybridized carbons (Fsp3) is 0.417. The second kappa shape index (κ2) is 6.58. The Kier molecular flexibility index (Phi) is 5.11. The number of ether oxygens (including phenoxy) is 1. The lowest BCUT2D eigenvalue weighted by molar-refractivity contribution is -0.134. The van der Waals surface area contributed by atoms with Crippen LogP contribution in [0.3, 0.4) is 0 Å². The summed E-state index contributed by atoms with van der Waals surface area (Å²) in [6, 6.07) is 0.0840. The normalized spacial score (nSPS) is 10.9. The van der Waals surface area contributed by atoms with Crippen LogP contribution in [0.15, 0.2) is 18.3 Å². The van der Waals surface area contributed by atoms with E-state index in [4.69, 9.17) is 5.73 Å². The summed E-state index contributed by atoms with van der Waals surface area (Å²) in [6.45, 7) is 4.05. The highest BCUT2D eigenvalue weighted by atomic mass is 16.5. The van der Waals surface area contributed by atoms with Crippen LogP contribution >= 0.6 is 0 Å². The Labute approximate surface area is 111 Å². The van der Waals surface area contributed by atoms with Crippen molar-refractivity contribution >= 4 is 17.7 Å². The Bertz CT molecular complexity index is 491. The molecule has 1 heterocycles. The molecule has 0 saturated carbocycles. The van der Waals surface area contributed by atoms with Gasteiger partial charge >= 0.3 is 5.97 Å². The van der Waals surface area contributed by atoms with Crippen LogP contribution in [0.25, 0.3) is 0 Å². The predicted octanol–water partition coefficient (Wildman–Crippen LogP) is 0.505. The maximum absolute atomic E-state index is 11.8. The molecule has 0 unspecified atom stereocenters. The molecule has 0 atom stereocenters. The Morgan fingerprint density at radius 2 is 2.26 bits per heavy atom. The number of nitrogens with zero attached hydrogens (tertiary/aromatic N) is 2. The molecule has 7 nitrogen and oxygen atoms in total. The van der Waals surface area contributed by atoms with Crippen molar-refractivity contribution in [2.45, 2.75) is 19.9 Å². The first-order chi connectivity index (χ1) is 8.97. The van der Waals surface area contributed by atoms with Gasteiger partial charge in [0.2, 0.25) is 0 Å². The molecule has 7 heteroatoms. The summed E-state index contributed by atoms with van der Waals surface area (Å²) in [6.07, 6.45) is 4.16. The highest BCUT2D eigenvalue weighted by molar-refractivity contribution is 5.98. The zero-order valence-electron chi connectivity index (χ0n) is 11.2. The van der Waals surface area contributed by atoms with Gasteiger partial charge in [-0.25, -0.2) is 9.48 Å². The fourth-order valence-corrected chi connectivity index (χ4v) is 1.43. The molecule has 1 aromatic heterocycles. The van der Waals surface area contributed by atoms with E-state index in [0.29, 0.717) is 11.4 Å². The average molecular weight is 266 g/mol. The van der Waals surface area contributed by atoms with Crippen LogP contribution < -0.4 is 11.1 Å². The maximum Gasteiger partial charge on any atom is 0.330 e. The van der Waals surface area contributed by atoms with Crippen molar-refractivity contribution in [2.24, 2.45) is 0 Å². The Balaban J connectivity index is 2.60. The highest BCUT2D eigenvalue weighted by Crippen LogP contribution is 2.15. The molecule has 0 radical (unpaired) electrons. The molecule has 0 spiro atoms.